The van der Waals surface area contributed by atoms with Gasteiger partial charge in [-0.25, -0.2) is 18.9 Å². The van der Waals surface area contributed by atoms with Gasteiger partial charge in [0, 0.05) is 13.1 Å². The summed E-state index contributed by atoms with van der Waals surface area (Å²) in [6.07, 6.45) is 0.590. The van der Waals surface area contributed by atoms with E-state index in [0.29, 0.717) is 6.42 Å². The Morgan fingerprint density at radius 1 is 1.42 bits per heavy atom. The molecule has 0 amide bonds. The summed E-state index contributed by atoms with van der Waals surface area (Å²) in [6, 6.07) is 4.11. The van der Waals surface area contributed by atoms with E-state index in [-0.39, 0.29) is 42.3 Å². The van der Waals surface area contributed by atoms with Gasteiger partial charge in [0.2, 0.25) is 5.82 Å². The molecule has 1 atom stereocenters. The van der Waals surface area contributed by atoms with Crippen molar-refractivity contribution in [3.8, 4) is 0 Å². The average Bonchev–Trinajstić information content (AvgIpc) is 3.02. The van der Waals surface area contributed by atoms with Gasteiger partial charge in [-0.15, -0.1) is 0 Å². The Kier molecular flexibility index (Phi) is 5.13. The maximum atomic E-state index is 13.3. The van der Waals surface area contributed by atoms with Crippen LogP contribution in [-0.4, -0.2) is 42.9 Å². The number of aromatic nitrogens is 2. The molecule has 13 heteroatoms. The molecular formula is C13H16FN7O4S. The lowest BCUT2D eigenvalue weighted by atomic mass is 9.83. The van der Waals surface area contributed by atoms with Gasteiger partial charge in [-0.2, -0.15) is 8.42 Å². The lowest BCUT2D eigenvalue weighted by molar-refractivity contribution is 0.232. The molecule has 0 bridgehead atoms. The number of hydroxylamine groups is 1. The van der Waals surface area contributed by atoms with E-state index in [4.69, 9.17) is 5.14 Å². The number of aliphatic imine (C=N–C) groups is 1. The van der Waals surface area contributed by atoms with Crippen LogP contribution in [0.15, 0.2) is 27.8 Å². The number of amidine groups is 1. The monoisotopic (exact) mass is 385 g/mol. The first-order chi connectivity index (χ1) is 12.4. The third-order valence-electron chi connectivity index (χ3n) is 3.70. The first-order valence-corrected chi connectivity index (χ1v) is 9.02. The van der Waals surface area contributed by atoms with Crippen molar-refractivity contribution in [2.24, 2.45) is 10.1 Å². The fourth-order valence-electron chi connectivity index (χ4n) is 2.50. The summed E-state index contributed by atoms with van der Waals surface area (Å²) in [4.78, 5) is 4.31. The predicted octanol–water partition coefficient (Wildman–Crippen LogP) is -0.563. The number of fused-ring (bicyclic) bond motifs is 1. The van der Waals surface area contributed by atoms with E-state index < -0.39 is 10.2 Å². The first kappa shape index (κ1) is 18.2. The first-order valence-electron chi connectivity index (χ1n) is 7.48. The van der Waals surface area contributed by atoms with E-state index in [1.54, 1.807) is 6.07 Å². The minimum absolute atomic E-state index is 0.000555. The third kappa shape index (κ3) is 4.13. The molecule has 6 N–H and O–H groups in total. The number of nitrogens with zero attached hydrogens (tertiary/aromatic N) is 3. The SMILES string of the molecule is NS(=O)(=O)NCCNc1nonc1C(=N[C@H]1Cc2ccc(F)cc21)NO. The summed E-state index contributed by atoms with van der Waals surface area (Å²) >= 11 is 0. The molecule has 1 aromatic heterocycles. The van der Waals surface area contributed by atoms with Gasteiger partial charge in [0.15, 0.2) is 11.5 Å². The van der Waals surface area contributed by atoms with E-state index in [1.165, 1.54) is 12.1 Å². The second kappa shape index (κ2) is 7.33. The average molecular weight is 385 g/mol. The van der Waals surface area contributed by atoms with Crippen LogP contribution < -0.4 is 20.7 Å². The molecule has 0 aliphatic heterocycles. The van der Waals surface area contributed by atoms with Crippen LogP contribution in [-0.2, 0) is 16.6 Å². The summed E-state index contributed by atoms with van der Waals surface area (Å²) in [5, 5.41) is 24.3. The van der Waals surface area contributed by atoms with Gasteiger partial charge in [-0.3, -0.25) is 15.7 Å². The van der Waals surface area contributed by atoms with Crippen LogP contribution in [0.25, 0.3) is 0 Å². The summed E-state index contributed by atoms with van der Waals surface area (Å²) < 4.78 is 41.7. The van der Waals surface area contributed by atoms with Gasteiger partial charge in [0.25, 0.3) is 10.2 Å². The largest absolute Gasteiger partial charge is 0.364 e. The molecule has 3 rings (SSSR count). The molecule has 0 radical (unpaired) electrons. The molecular weight excluding hydrogens is 369 g/mol. The fourth-order valence-corrected chi connectivity index (χ4v) is 2.88. The van der Waals surface area contributed by atoms with Crippen LogP contribution in [0.1, 0.15) is 22.9 Å². The molecule has 1 aliphatic rings. The van der Waals surface area contributed by atoms with Crippen molar-refractivity contribution in [3.63, 3.8) is 0 Å². The van der Waals surface area contributed by atoms with Crippen molar-refractivity contribution < 1.29 is 22.6 Å². The Balaban J connectivity index is 1.71. The Morgan fingerprint density at radius 3 is 2.96 bits per heavy atom. The van der Waals surface area contributed by atoms with Gasteiger partial charge in [0.05, 0.1) is 6.04 Å². The second-order valence-corrected chi connectivity index (χ2v) is 6.86. The number of hydrogen-bond acceptors (Lipinski definition) is 8. The summed E-state index contributed by atoms with van der Waals surface area (Å²) in [6.45, 7) is 0.132. The molecule has 0 fully saturated rings. The van der Waals surface area contributed by atoms with Gasteiger partial charge >= 0.3 is 0 Å². The molecule has 0 spiro atoms. The van der Waals surface area contributed by atoms with Gasteiger partial charge in [-0.05, 0) is 40.0 Å². The molecule has 26 heavy (non-hydrogen) atoms. The Morgan fingerprint density at radius 2 is 2.23 bits per heavy atom. The highest BCUT2D eigenvalue weighted by Crippen LogP contribution is 2.36. The smallest absolute Gasteiger partial charge is 0.274 e. The van der Waals surface area contributed by atoms with Gasteiger partial charge < -0.3 is 5.32 Å². The minimum Gasteiger partial charge on any atom is -0.364 e. The number of nitrogens with two attached hydrogens (primary N) is 1. The van der Waals surface area contributed by atoms with Crippen LogP contribution in [0.5, 0.6) is 0 Å². The number of anilines is 1. The highest BCUT2D eigenvalue weighted by atomic mass is 32.2. The number of benzene rings is 1. The lowest BCUT2D eigenvalue weighted by Gasteiger charge is -2.27. The zero-order valence-electron chi connectivity index (χ0n) is 13.3. The molecule has 1 aliphatic carbocycles. The zero-order valence-corrected chi connectivity index (χ0v) is 14.1. The minimum atomic E-state index is -3.80. The van der Waals surface area contributed by atoms with Crippen molar-refractivity contribution in [2.45, 2.75) is 12.5 Å². The lowest BCUT2D eigenvalue weighted by Crippen LogP contribution is -2.34. The highest BCUT2D eigenvalue weighted by molar-refractivity contribution is 7.87. The Labute approximate surface area is 147 Å². The van der Waals surface area contributed by atoms with Gasteiger partial charge in [0.1, 0.15) is 5.82 Å². The maximum absolute atomic E-state index is 13.3. The van der Waals surface area contributed by atoms with Crippen molar-refractivity contribution >= 4 is 21.9 Å². The quantitative estimate of drug-likeness (QED) is 0.183. The molecule has 11 nitrogen and oxygen atoms in total. The van der Waals surface area contributed by atoms with E-state index in [2.05, 4.69) is 30.0 Å². The van der Waals surface area contributed by atoms with Crippen molar-refractivity contribution in [1.29, 1.82) is 0 Å². The topological polar surface area (TPSA) is 168 Å². The fraction of sp³-hybridized carbons (Fsp3) is 0.308. The van der Waals surface area contributed by atoms with Crippen molar-refractivity contribution in [3.05, 3.63) is 40.8 Å². The normalized spacial score (nSPS) is 16.7. The van der Waals surface area contributed by atoms with E-state index in [1.807, 2.05) is 5.48 Å². The number of rotatable bonds is 7. The molecule has 1 aromatic carbocycles. The Hall–Kier alpha value is -2.61. The van der Waals surface area contributed by atoms with Crippen molar-refractivity contribution in [2.75, 3.05) is 18.4 Å². The van der Waals surface area contributed by atoms with E-state index in [9.17, 15) is 18.0 Å². The summed E-state index contributed by atoms with van der Waals surface area (Å²) in [7, 11) is -3.80. The van der Waals surface area contributed by atoms with E-state index in [0.717, 1.165) is 11.1 Å². The molecule has 140 valence electrons. The maximum Gasteiger partial charge on any atom is 0.274 e. The number of nitrogens with one attached hydrogen (secondary N) is 3. The molecule has 0 saturated heterocycles. The molecule has 1 heterocycles. The van der Waals surface area contributed by atoms with Crippen LogP contribution in [0.3, 0.4) is 0 Å². The van der Waals surface area contributed by atoms with Crippen molar-refractivity contribution in [1.82, 2.24) is 20.5 Å². The third-order valence-corrected chi connectivity index (χ3v) is 4.31. The van der Waals surface area contributed by atoms with E-state index >= 15 is 0 Å². The van der Waals surface area contributed by atoms with Crippen LogP contribution in [0, 0.1) is 5.82 Å². The van der Waals surface area contributed by atoms with Crippen LogP contribution >= 0.6 is 0 Å². The van der Waals surface area contributed by atoms with Crippen LogP contribution in [0.2, 0.25) is 0 Å². The number of halogens is 1. The molecule has 2 aromatic rings. The second-order valence-electron chi connectivity index (χ2n) is 5.48. The number of hydrogen-bond donors (Lipinski definition) is 5. The highest BCUT2D eigenvalue weighted by Gasteiger charge is 2.28. The predicted molar refractivity (Wildman–Crippen MR) is 88.2 cm³/mol. The van der Waals surface area contributed by atoms with Crippen LogP contribution in [0.4, 0.5) is 10.2 Å². The molecule has 0 unspecified atom stereocenters. The Bertz CT molecular complexity index is 930. The molecule has 0 saturated carbocycles. The van der Waals surface area contributed by atoms with Gasteiger partial charge in [-0.1, -0.05) is 6.07 Å². The summed E-state index contributed by atoms with van der Waals surface area (Å²) in [5.41, 5.74) is 3.72. The zero-order chi connectivity index (χ0) is 18.7. The standard InChI is InChI=1S/C13H16FN7O4S/c14-8-2-1-7-5-10(9(7)6-8)18-13(19-22)11-12(21-25-20-11)16-3-4-17-26(15,23)24/h1-2,6,10,17,22H,3-5H2,(H,16,21)(H,18,19)(H2,15,23,24)/t10-/m0/s1. The summed E-state index contributed by atoms with van der Waals surface area (Å²) in [5.74, 6) is -0.247.